The zero-order valence-electron chi connectivity index (χ0n) is 12.9. The Morgan fingerprint density at radius 3 is 2.55 bits per heavy atom. The number of pyridine rings is 1. The van der Waals surface area contributed by atoms with Gasteiger partial charge in [0.2, 0.25) is 15.9 Å². The molecule has 1 saturated carbocycles. The maximum absolute atomic E-state index is 11.9. The summed E-state index contributed by atoms with van der Waals surface area (Å²) < 4.78 is 25.3. The largest absolute Gasteiger partial charge is 0.352 e. The summed E-state index contributed by atoms with van der Waals surface area (Å²) in [5, 5.41) is 2.81. The van der Waals surface area contributed by atoms with E-state index in [2.05, 4.69) is 10.3 Å². The number of sulfonamides is 1. The van der Waals surface area contributed by atoms with Crippen molar-refractivity contribution < 1.29 is 13.2 Å². The lowest BCUT2D eigenvalue weighted by Crippen LogP contribution is -2.40. The average Bonchev–Trinajstić information content (AvgIpc) is 2.99. The first-order chi connectivity index (χ1) is 10.5. The van der Waals surface area contributed by atoms with Crippen molar-refractivity contribution in [2.45, 2.75) is 44.7 Å². The molecule has 0 atom stereocenters. The molecule has 2 rings (SSSR count). The van der Waals surface area contributed by atoms with Gasteiger partial charge in [0.1, 0.15) is 0 Å². The molecule has 1 aliphatic rings. The molecule has 0 unspecified atom stereocenters. The second kappa shape index (κ2) is 7.69. The van der Waals surface area contributed by atoms with Crippen LogP contribution < -0.4 is 5.32 Å². The fourth-order valence-corrected chi connectivity index (χ4v) is 3.99. The Labute approximate surface area is 132 Å². The topological polar surface area (TPSA) is 79.4 Å². The highest BCUT2D eigenvalue weighted by Crippen LogP contribution is 2.25. The van der Waals surface area contributed by atoms with E-state index in [9.17, 15) is 13.2 Å². The summed E-state index contributed by atoms with van der Waals surface area (Å²) in [6.45, 7) is 0.690. The highest BCUT2D eigenvalue weighted by atomic mass is 32.2. The predicted octanol–water partition coefficient (Wildman–Crippen LogP) is 1.29. The Bertz CT molecular complexity index is 583. The van der Waals surface area contributed by atoms with Gasteiger partial charge in [-0.05, 0) is 30.5 Å². The van der Waals surface area contributed by atoms with E-state index >= 15 is 0 Å². The van der Waals surface area contributed by atoms with E-state index in [1.165, 1.54) is 10.6 Å². The Morgan fingerprint density at radius 1 is 1.32 bits per heavy atom. The zero-order valence-corrected chi connectivity index (χ0v) is 13.7. The molecule has 1 aromatic rings. The minimum Gasteiger partial charge on any atom is -0.352 e. The fourth-order valence-electron chi connectivity index (χ4n) is 2.81. The van der Waals surface area contributed by atoms with Crippen molar-refractivity contribution >= 4 is 15.9 Å². The second-order valence-electron chi connectivity index (χ2n) is 5.69. The Balaban J connectivity index is 1.82. The summed E-state index contributed by atoms with van der Waals surface area (Å²) in [6, 6.07) is 3.73. The lowest BCUT2D eigenvalue weighted by atomic mass is 10.2. The first-order valence-electron chi connectivity index (χ1n) is 7.59. The molecule has 122 valence electrons. The van der Waals surface area contributed by atoms with E-state index in [1.54, 1.807) is 12.4 Å². The third kappa shape index (κ3) is 5.06. The number of carbonyl (C=O) groups excluding carboxylic acids is 1. The first kappa shape index (κ1) is 16.9. The lowest BCUT2D eigenvalue weighted by Gasteiger charge is -2.26. The van der Waals surface area contributed by atoms with Crippen LogP contribution in [-0.2, 0) is 21.4 Å². The first-order valence-corrected chi connectivity index (χ1v) is 9.44. The summed E-state index contributed by atoms with van der Waals surface area (Å²) in [6.07, 6.45) is 8.67. The zero-order chi connectivity index (χ0) is 16.0. The van der Waals surface area contributed by atoms with Crippen molar-refractivity contribution in [1.29, 1.82) is 0 Å². The summed E-state index contributed by atoms with van der Waals surface area (Å²) in [4.78, 5) is 15.8. The van der Waals surface area contributed by atoms with Crippen molar-refractivity contribution in [3.63, 3.8) is 0 Å². The standard InChI is InChI=1S/C15H23N3O3S/c1-22(20,21)18(14-4-2-3-5-14)11-8-15(19)17-12-13-6-9-16-10-7-13/h6-7,9-10,14H,2-5,8,11-12H2,1H3,(H,17,19). The average molecular weight is 325 g/mol. The van der Waals surface area contributed by atoms with E-state index in [1.807, 2.05) is 12.1 Å². The minimum absolute atomic E-state index is 0.0583. The van der Waals surface area contributed by atoms with E-state index < -0.39 is 10.0 Å². The van der Waals surface area contributed by atoms with Crippen molar-refractivity contribution in [2.24, 2.45) is 0 Å². The molecular weight excluding hydrogens is 302 g/mol. The lowest BCUT2D eigenvalue weighted by molar-refractivity contribution is -0.121. The quantitative estimate of drug-likeness (QED) is 0.819. The van der Waals surface area contributed by atoms with E-state index in [0.717, 1.165) is 31.2 Å². The van der Waals surface area contributed by atoms with Crippen LogP contribution in [0.15, 0.2) is 24.5 Å². The molecule has 1 amide bonds. The van der Waals surface area contributed by atoms with Gasteiger partial charge in [-0.2, -0.15) is 4.31 Å². The molecule has 0 bridgehead atoms. The van der Waals surface area contributed by atoms with Gasteiger partial charge >= 0.3 is 0 Å². The highest BCUT2D eigenvalue weighted by Gasteiger charge is 2.29. The van der Waals surface area contributed by atoms with E-state index in [4.69, 9.17) is 0 Å². The Morgan fingerprint density at radius 2 is 1.95 bits per heavy atom. The summed E-state index contributed by atoms with van der Waals surface area (Å²) in [7, 11) is -3.27. The molecule has 0 spiro atoms. The molecular formula is C15H23N3O3S. The van der Waals surface area contributed by atoms with Gasteiger partial charge in [0, 0.05) is 37.9 Å². The van der Waals surface area contributed by atoms with Crippen LogP contribution in [0.5, 0.6) is 0 Å². The van der Waals surface area contributed by atoms with Crippen LogP contribution in [0.4, 0.5) is 0 Å². The summed E-state index contributed by atoms with van der Waals surface area (Å²) >= 11 is 0. The van der Waals surface area contributed by atoms with Crippen molar-refractivity contribution in [1.82, 2.24) is 14.6 Å². The molecule has 0 aromatic carbocycles. The summed E-state index contributed by atoms with van der Waals surface area (Å²) in [5.41, 5.74) is 0.971. The van der Waals surface area contributed by atoms with Crippen LogP contribution in [0, 0.1) is 0 Å². The number of nitrogens with one attached hydrogen (secondary N) is 1. The van der Waals surface area contributed by atoms with Crippen LogP contribution in [0.2, 0.25) is 0 Å². The van der Waals surface area contributed by atoms with Gasteiger partial charge < -0.3 is 5.32 Å². The van der Waals surface area contributed by atoms with Crippen molar-refractivity contribution in [2.75, 3.05) is 12.8 Å². The molecule has 1 aliphatic carbocycles. The van der Waals surface area contributed by atoms with Crippen LogP contribution in [0.3, 0.4) is 0 Å². The smallest absolute Gasteiger partial charge is 0.221 e. The molecule has 1 heterocycles. The minimum atomic E-state index is -3.27. The van der Waals surface area contributed by atoms with Gasteiger partial charge in [0.05, 0.1) is 6.26 Å². The third-order valence-electron chi connectivity index (χ3n) is 3.96. The molecule has 7 heteroatoms. The van der Waals surface area contributed by atoms with Gasteiger partial charge in [-0.1, -0.05) is 12.8 Å². The molecule has 1 aromatic heterocycles. The van der Waals surface area contributed by atoms with Crippen molar-refractivity contribution in [3.05, 3.63) is 30.1 Å². The third-order valence-corrected chi connectivity index (χ3v) is 5.29. The van der Waals surface area contributed by atoms with E-state index in [-0.39, 0.29) is 24.9 Å². The molecule has 22 heavy (non-hydrogen) atoms. The Hall–Kier alpha value is -1.47. The normalized spacial score (nSPS) is 16.1. The number of hydrogen-bond acceptors (Lipinski definition) is 4. The van der Waals surface area contributed by atoms with Gasteiger partial charge in [-0.3, -0.25) is 9.78 Å². The van der Waals surface area contributed by atoms with Crippen LogP contribution in [-0.4, -0.2) is 42.5 Å². The van der Waals surface area contributed by atoms with Gasteiger partial charge in [0.15, 0.2) is 0 Å². The van der Waals surface area contributed by atoms with Crippen LogP contribution >= 0.6 is 0 Å². The molecule has 1 N–H and O–H groups in total. The van der Waals surface area contributed by atoms with Crippen LogP contribution in [0.1, 0.15) is 37.7 Å². The number of rotatable bonds is 7. The SMILES string of the molecule is CS(=O)(=O)N(CCC(=O)NCc1ccncc1)C1CCCC1. The van der Waals surface area contributed by atoms with Gasteiger partial charge in [0.25, 0.3) is 0 Å². The molecule has 0 radical (unpaired) electrons. The second-order valence-corrected chi connectivity index (χ2v) is 7.63. The van der Waals surface area contributed by atoms with Crippen LogP contribution in [0.25, 0.3) is 0 Å². The maximum Gasteiger partial charge on any atom is 0.221 e. The van der Waals surface area contributed by atoms with Gasteiger partial charge in [-0.15, -0.1) is 0 Å². The Kier molecular flexibility index (Phi) is 5.90. The van der Waals surface area contributed by atoms with E-state index in [0.29, 0.717) is 6.54 Å². The van der Waals surface area contributed by atoms with Gasteiger partial charge in [-0.25, -0.2) is 8.42 Å². The number of carbonyl (C=O) groups is 1. The monoisotopic (exact) mass is 325 g/mol. The molecule has 0 saturated heterocycles. The maximum atomic E-state index is 11.9. The molecule has 1 fully saturated rings. The number of hydrogen-bond donors (Lipinski definition) is 1. The molecule has 0 aliphatic heterocycles. The number of aromatic nitrogens is 1. The van der Waals surface area contributed by atoms with Crippen molar-refractivity contribution in [3.8, 4) is 0 Å². The predicted molar refractivity (Wildman–Crippen MR) is 84.5 cm³/mol. The molecule has 6 nitrogen and oxygen atoms in total. The number of amides is 1. The highest BCUT2D eigenvalue weighted by molar-refractivity contribution is 7.88. The number of nitrogens with zero attached hydrogens (tertiary/aromatic N) is 2. The summed E-state index contributed by atoms with van der Waals surface area (Å²) in [5.74, 6) is -0.136. The fraction of sp³-hybridized carbons (Fsp3) is 0.600.